The smallest absolute Gasteiger partial charge is 0.246 e. The van der Waals surface area contributed by atoms with Gasteiger partial charge in [0.05, 0.1) is 17.9 Å². The molecule has 3 fully saturated rings. The Labute approximate surface area is 233 Å². The van der Waals surface area contributed by atoms with Crippen LogP contribution in [0.25, 0.3) is 0 Å². The molecule has 3 heterocycles. The molecule has 7 heteroatoms. The lowest BCUT2D eigenvalue weighted by Crippen LogP contribution is -2.58. The third-order valence-electron chi connectivity index (χ3n) is 9.75. The highest BCUT2D eigenvalue weighted by Gasteiger charge is 2.72. The number of carbonyl (C=O) groups excluding carboxylic acids is 3. The molecule has 1 saturated carbocycles. The van der Waals surface area contributed by atoms with Crippen molar-refractivity contribution in [3.8, 4) is 0 Å². The third kappa shape index (κ3) is 4.92. The number of hydrogen-bond donors (Lipinski definition) is 2. The maximum atomic E-state index is 14.0. The maximum absolute atomic E-state index is 14.0. The predicted molar refractivity (Wildman–Crippen MR) is 152 cm³/mol. The lowest BCUT2D eigenvalue weighted by Gasteiger charge is -2.38. The normalized spacial score (nSPS) is 35.1. The van der Waals surface area contributed by atoms with E-state index in [0.29, 0.717) is 35.9 Å². The lowest BCUT2D eigenvalue weighted by atomic mass is 9.73. The second-order valence-corrected chi connectivity index (χ2v) is 13.1. The number of fused-ring (bicyclic) bond motifs is 1. The molecule has 1 aromatic carbocycles. The van der Waals surface area contributed by atoms with Gasteiger partial charge in [-0.3, -0.25) is 14.4 Å². The van der Waals surface area contributed by atoms with Crippen molar-refractivity contribution in [3.63, 3.8) is 0 Å². The number of nitrogens with zero attached hydrogens (tertiary/aromatic N) is 1. The van der Waals surface area contributed by atoms with Crippen LogP contribution in [0.1, 0.15) is 78.7 Å². The number of hydrogen-bond acceptors (Lipinski definition) is 4. The number of amides is 3. The lowest BCUT2D eigenvalue weighted by molar-refractivity contribution is -0.141. The van der Waals surface area contributed by atoms with Crippen molar-refractivity contribution >= 4 is 23.4 Å². The van der Waals surface area contributed by atoms with Crippen molar-refractivity contribution in [1.82, 2.24) is 10.2 Å². The fourth-order valence-electron chi connectivity index (χ4n) is 7.13. The molecular formula is C32H45N3O4. The van der Waals surface area contributed by atoms with E-state index in [1.807, 2.05) is 36.4 Å². The van der Waals surface area contributed by atoms with Crippen LogP contribution >= 0.6 is 0 Å². The molecule has 4 aliphatic rings. The number of benzene rings is 1. The predicted octanol–water partition coefficient (Wildman–Crippen LogP) is 4.89. The number of anilines is 1. The Morgan fingerprint density at radius 3 is 2.46 bits per heavy atom. The van der Waals surface area contributed by atoms with E-state index in [9.17, 15) is 14.4 Å². The minimum absolute atomic E-state index is 0.0780. The summed E-state index contributed by atoms with van der Waals surface area (Å²) >= 11 is 0. The fourth-order valence-corrected chi connectivity index (χ4v) is 7.13. The summed E-state index contributed by atoms with van der Waals surface area (Å²) in [5.41, 5.74) is 0.776. The van der Waals surface area contributed by atoms with Gasteiger partial charge in [0.2, 0.25) is 17.7 Å². The average molecular weight is 536 g/mol. The van der Waals surface area contributed by atoms with Crippen molar-refractivity contribution in [2.24, 2.45) is 29.6 Å². The van der Waals surface area contributed by atoms with E-state index in [4.69, 9.17) is 4.74 Å². The number of nitrogens with one attached hydrogen (secondary N) is 2. The highest BCUT2D eigenvalue weighted by molar-refractivity contribution is 6.02. The van der Waals surface area contributed by atoms with Crippen LogP contribution in [0.2, 0.25) is 0 Å². The van der Waals surface area contributed by atoms with Crippen LogP contribution in [0.5, 0.6) is 0 Å². The second kappa shape index (κ2) is 10.7. The number of rotatable bonds is 8. The standard InChI is InChI=1S/C32H45N3O4/c1-18(2)15-17-35-28(30(37)34-24-9-7-8-20(5)21(24)6)32-16-14-25(39-32)26(27(32)31(35)38)29(36)33-23-12-10-22(11-13-23)19(3)4/h10-14,16,18-21,24-28H,7-9,15,17H2,1-6H3,(H,33,36)(H,34,37). The van der Waals surface area contributed by atoms with Gasteiger partial charge >= 0.3 is 0 Å². The number of ether oxygens (including phenoxy) is 1. The van der Waals surface area contributed by atoms with Gasteiger partial charge in [-0.15, -0.1) is 0 Å². The molecule has 3 aliphatic heterocycles. The van der Waals surface area contributed by atoms with Gasteiger partial charge in [-0.05, 0) is 54.2 Å². The second-order valence-electron chi connectivity index (χ2n) is 13.1. The SMILES string of the molecule is CC(C)CCN1C(=O)C2C(C(=O)Nc3ccc(C(C)C)cc3)C3C=CC2(O3)C1C(=O)NC1CCCC(C)C1C. The summed E-state index contributed by atoms with van der Waals surface area (Å²) in [5, 5.41) is 6.35. The molecular weight excluding hydrogens is 490 g/mol. The summed E-state index contributed by atoms with van der Waals surface area (Å²) in [6.07, 6.45) is 7.24. The quantitative estimate of drug-likeness (QED) is 0.464. The summed E-state index contributed by atoms with van der Waals surface area (Å²) in [4.78, 5) is 43.4. The summed E-state index contributed by atoms with van der Waals surface area (Å²) < 4.78 is 6.49. The summed E-state index contributed by atoms with van der Waals surface area (Å²) in [6, 6.07) is 7.14. The molecule has 0 aromatic heterocycles. The van der Waals surface area contributed by atoms with E-state index in [1.54, 1.807) is 4.90 Å². The molecule has 3 amide bonds. The first-order valence-corrected chi connectivity index (χ1v) is 14.9. The molecule has 212 valence electrons. The van der Waals surface area contributed by atoms with Gasteiger partial charge < -0.3 is 20.3 Å². The summed E-state index contributed by atoms with van der Waals surface area (Å²) in [6.45, 7) is 13.4. The van der Waals surface area contributed by atoms with Crippen molar-refractivity contribution < 1.29 is 19.1 Å². The van der Waals surface area contributed by atoms with Crippen LogP contribution < -0.4 is 10.6 Å². The maximum Gasteiger partial charge on any atom is 0.246 e. The zero-order valence-corrected chi connectivity index (χ0v) is 24.3. The van der Waals surface area contributed by atoms with Gasteiger partial charge in [-0.25, -0.2) is 0 Å². The highest BCUT2D eigenvalue weighted by atomic mass is 16.5. The summed E-state index contributed by atoms with van der Waals surface area (Å²) in [5.74, 6) is -0.254. The minimum atomic E-state index is -1.12. The van der Waals surface area contributed by atoms with E-state index in [-0.39, 0.29) is 23.8 Å². The van der Waals surface area contributed by atoms with E-state index >= 15 is 0 Å². The Balaban J connectivity index is 1.41. The Hall–Kier alpha value is -2.67. The first-order valence-electron chi connectivity index (χ1n) is 14.9. The topological polar surface area (TPSA) is 87.7 Å². The van der Waals surface area contributed by atoms with E-state index in [2.05, 4.69) is 52.2 Å². The molecule has 2 bridgehead atoms. The molecule has 1 spiro atoms. The molecule has 2 N–H and O–H groups in total. The molecule has 2 saturated heterocycles. The van der Waals surface area contributed by atoms with E-state index in [0.717, 1.165) is 19.3 Å². The number of likely N-dealkylation sites (tertiary alicyclic amines) is 1. The van der Waals surface area contributed by atoms with Crippen LogP contribution in [0.3, 0.4) is 0 Å². The Kier molecular flexibility index (Phi) is 7.66. The zero-order valence-electron chi connectivity index (χ0n) is 24.3. The van der Waals surface area contributed by atoms with E-state index in [1.165, 1.54) is 12.0 Å². The zero-order chi connectivity index (χ0) is 28.1. The van der Waals surface area contributed by atoms with Crippen molar-refractivity contribution in [3.05, 3.63) is 42.0 Å². The molecule has 1 aromatic rings. The monoisotopic (exact) mass is 535 g/mol. The van der Waals surface area contributed by atoms with Crippen molar-refractivity contribution in [1.29, 1.82) is 0 Å². The van der Waals surface area contributed by atoms with Crippen LogP contribution in [-0.2, 0) is 19.1 Å². The highest BCUT2D eigenvalue weighted by Crippen LogP contribution is 2.55. The first kappa shape index (κ1) is 27.9. The van der Waals surface area contributed by atoms with Gasteiger partial charge in [-0.1, -0.05) is 78.7 Å². The first-order chi connectivity index (χ1) is 18.5. The van der Waals surface area contributed by atoms with Crippen molar-refractivity contribution in [2.45, 2.75) is 96.9 Å². The van der Waals surface area contributed by atoms with Crippen LogP contribution in [-0.4, -0.2) is 53.0 Å². The van der Waals surface area contributed by atoms with Gasteiger partial charge in [-0.2, -0.15) is 0 Å². The van der Waals surface area contributed by atoms with Crippen LogP contribution in [0.15, 0.2) is 36.4 Å². The van der Waals surface area contributed by atoms with Gasteiger partial charge in [0.15, 0.2) is 0 Å². The molecule has 8 unspecified atom stereocenters. The minimum Gasteiger partial charge on any atom is -0.359 e. The molecule has 7 nitrogen and oxygen atoms in total. The van der Waals surface area contributed by atoms with Crippen LogP contribution in [0, 0.1) is 29.6 Å². The Bertz CT molecular complexity index is 1130. The molecule has 39 heavy (non-hydrogen) atoms. The largest absolute Gasteiger partial charge is 0.359 e. The molecule has 1 aliphatic carbocycles. The average Bonchev–Trinajstić information content (AvgIpc) is 3.53. The Morgan fingerprint density at radius 1 is 1.08 bits per heavy atom. The van der Waals surface area contributed by atoms with E-state index < -0.39 is 29.6 Å². The number of carbonyl (C=O) groups is 3. The fraction of sp³-hybridized carbons (Fsp3) is 0.656. The molecule has 8 atom stereocenters. The Morgan fingerprint density at radius 2 is 1.79 bits per heavy atom. The van der Waals surface area contributed by atoms with Gasteiger partial charge in [0, 0.05) is 18.3 Å². The van der Waals surface area contributed by atoms with Gasteiger partial charge in [0.1, 0.15) is 11.6 Å². The molecule has 0 radical (unpaired) electrons. The van der Waals surface area contributed by atoms with Gasteiger partial charge in [0.25, 0.3) is 0 Å². The summed E-state index contributed by atoms with van der Waals surface area (Å²) in [7, 11) is 0. The third-order valence-corrected chi connectivity index (χ3v) is 9.75. The molecule has 5 rings (SSSR count). The van der Waals surface area contributed by atoms with Crippen molar-refractivity contribution in [2.75, 3.05) is 11.9 Å². The van der Waals surface area contributed by atoms with Crippen LogP contribution in [0.4, 0.5) is 5.69 Å².